The Morgan fingerprint density at radius 2 is 2.19 bits per heavy atom. The van der Waals surface area contributed by atoms with Crippen molar-refractivity contribution in [3.8, 4) is 0 Å². The van der Waals surface area contributed by atoms with Gasteiger partial charge in [-0.2, -0.15) is 0 Å². The number of carbonyl (C=O) groups is 1. The van der Waals surface area contributed by atoms with Crippen molar-refractivity contribution in [2.45, 2.75) is 33.1 Å². The van der Waals surface area contributed by atoms with Gasteiger partial charge in [-0.05, 0) is 37.3 Å². The Bertz CT molecular complexity index is 619. The second-order valence-electron chi connectivity index (χ2n) is 5.90. The van der Waals surface area contributed by atoms with Crippen molar-refractivity contribution in [1.82, 2.24) is 4.90 Å². The van der Waals surface area contributed by atoms with E-state index in [2.05, 4.69) is 13.8 Å². The largest absolute Gasteiger partial charge is 0.341 e. The summed E-state index contributed by atoms with van der Waals surface area (Å²) in [5.74, 6) is 0.572. The highest BCUT2D eigenvalue weighted by Gasteiger charge is 2.30. The minimum absolute atomic E-state index is 0.00903. The highest BCUT2D eigenvalue weighted by Crippen LogP contribution is 2.25. The summed E-state index contributed by atoms with van der Waals surface area (Å²) in [4.78, 5) is 16.1. The summed E-state index contributed by atoms with van der Waals surface area (Å²) in [6.45, 7) is 4.71. The molecule has 1 aliphatic rings. The Hall–Kier alpha value is -0.880. The van der Waals surface area contributed by atoms with Crippen LogP contribution in [0, 0.1) is 12.8 Å². The van der Waals surface area contributed by atoms with E-state index in [0.717, 1.165) is 17.7 Å². The van der Waals surface area contributed by atoms with Gasteiger partial charge in [0, 0.05) is 18.5 Å². The molecule has 1 atom stereocenters. The van der Waals surface area contributed by atoms with Crippen LogP contribution in [0.15, 0.2) is 6.07 Å². The van der Waals surface area contributed by atoms with Crippen molar-refractivity contribution >= 4 is 27.1 Å². The van der Waals surface area contributed by atoms with Gasteiger partial charge < -0.3 is 4.90 Å². The fraction of sp³-hybridized carbons (Fsp3) is 0.667. The smallest absolute Gasteiger partial charge is 0.263 e. The molecule has 0 unspecified atom stereocenters. The predicted molar refractivity (Wildman–Crippen MR) is 86.8 cm³/mol. The van der Waals surface area contributed by atoms with E-state index in [9.17, 15) is 13.2 Å². The van der Waals surface area contributed by atoms with Crippen LogP contribution in [0.4, 0.5) is 0 Å². The van der Waals surface area contributed by atoms with Crippen LogP contribution in [0.5, 0.6) is 0 Å². The van der Waals surface area contributed by atoms with Gasteiger partial charge in [0.15, 0.2) is 9.84 Å². The molecule has 0 aliphatic carbocycles. The Balaban J connectivity index is 2.01. The first-order valence-electron chi connectivity index (χ1n) is 7.37. The zero-order valence-electron chi connectivity index (χ0n) is 12.9. The number of amides is 1. The summed E-state index contributed by atoms with van der Waals surface area (Å²) in [7, 11) is -1.11. The molecule has 1 aromatic heterocycles. The highest BCUT2D eigenvalue weighted by atomic mass is 32.2. The Labute approximate surface area is 131 Å². The average molecular weight is 329 g/mol. The number of sulfone groups is 1. The molecule has 4 nitrogen and oxygen atoms in total. The molecule has 0 radical (unpaired) electrons. The average Bonchev–Trinajstić information content (AvgIpc) is 2.92. The first kappa shape index (κ1) is 16.5. The quantitative estimate of drug-likeness (QED) is 0.834. The maximum atomic E-state index is 12.5. The molecule has 21 heavy (non-hydrogen) atoms. The van der Waals surface area contributed by atoms with Gasteiger partial charge in [0.2, 0.25) is 0 Å². The summed E-state index contributed by atoms with van der Waals surface area (Å²) >= 11 is 1.54. The van der Waals surface area contributed by atoms with Crippen LogP contribution in [0.1, 0.15) is 39.9 Å². The SMILES string of the molecule is CCCc1cc(C(=O)N(C)C[C@@H]2CCS(=O)(=O)C2)sc1C. The van der Waals surface area contributed by atoms with Crippen LogP contribution in [0.3, 0.4) is 0 Å². The van der Waals surface area contributed by atoms with Gasteiger partial charge in [-0.1, -0.05) is 13.3 Å². The lowest BCUT2D eigenvalue weighted by Crippen LogP contribution is -2.31. The first-order chi connectivity index (χ1) is 9.82. The maximum Gasteiger partial charge on any atom is 0.263 e. The van der Waals surface area contributed by atoms with E-state index in [4.69, 9.17) is 0 Å². The molecule has 1 amide bonds. The van der Waals surface area contributed by atoms with E-state index < -0.39 is 9.84 Å². The summed E-state index contributed by atoms with van der Waals surface area (Å²) in [5, 5.41) is 0. The summed E-state index contributed by atoms with van der Waals surface area (Å²) in [6, 6.07) is 1.99. The molecule has 0 spiro atoms. The number of rotatable bonds is 5. The minimum atomic E-state index is -2.88. The van der Waals surface area contributed by atoms with Crippen molar-refractivity contribution in [2.24, 2.45) is 5.92 Å². The molecular weight excluding hydrogens is 306 g/mol. The van der Waals surface area contributed by atoms with Crippen LogP contribution in [-0.4, -0.2) is 44.3 Å². The molecule has 0 bridgehead atoms. The molecule has 1 aliphatic heterocycles. The normalized spacial score (nSPS) is 20.6. The third-order valence-electron chi connectivity index (χ3n) is 3.96. The van der Waals surface area contributed by atoms with E-state index in [-0.39, 0.29) is 23.3 Å². The highest BCUT2D eigenvalue weighted by molar-refractivity contribution is 7.91. The van der Waals surface area contributed by atoms with Gasteiger partial charge in [0.05, 0.1) is 16.4 Å². The van der Waals surface area contributed by atoms with E-state index in [1.165, 1.54) is 21.8 Å². The number of carbonyl (C=O) groups excluding carboxylic acids is 1. The monoisotopic (exact) mass is 329 g/mol. The number of hydrogen-bond acceptors (Lipinski definition) is 4. The summed E-state index contributed by atoms with van der Waals surface area (Å²) in [6.07, 6.45) is 2.74. The number of nitrogens with zero attached hydrogens (tertiary/aromatic N) is 1. The molecule has 1 fully saturated rings. The third kappa shape index (κ3) is 4.07. The first-order valence-corrected chi connectivity index (χ1v) is 10.0. The van der Waals surface area contributed by atoms with Crippen molar-refractivity contribution in [1.29, 1.82) is 0 Å². The lowest BCUT2D eigenvalue weighted by atomic mass is 10.1. The molecular formula is C15H23NO3S2. The zero-order chi connectivity index (χ0) is 15.6. The Kier molecular flexibility index (Phi) is 5.09. The topological polar surface area (TPSA) is 54.5 Å². The standard InChI is InChI=1S/C15H23NO3S2/c1-4-5-13-8-14(20-11(13)2)15(17)16(3)9-12-6-7-21(18,19)10-12/h8,12H,4-7,9-10H2,1-3H3/t12-/m0/s1. The lowest BCUT2D eigenvalue weighted by molar-refractivity contribution is 0.0782. The molecule has 0 saturated carbocycles. The predicted octanol–water partition coefficient (Wildman–Crippen LogP) is 2.52. The van der Waals surface area contributed by atoms with Gasteiger partial charge in [-0.15, -0.1) is 11.3 Å². The van der Waals surface area contributed by atoms with Crippen molar-refractivity contribution in [3.05, 3.63) is 21.4 Å². The fourth-order valence-electron chi connectivity index (χ4n) is 2.82. The van der Waals surface area contributed by atoms with Crippen LogP contribution in [0.25, 0.3) is 0 Å². The van der Waals surface area contributed by atoms with E-state index in [1.54, 1.807) is 11.9 Å². The van der Waals surface area contributed by atoms with Crippen LogP contribution in [0.2, 0.25) is 0 Å². The number of thiophene rings is 1. The summed E-state index contributed by atoms with van der Waals surface area (Å²) < 4.78 is 23.0. The molecule has 1 saturated heterocycles. The third-order valence-corrected chi connectivity index (χ3v) is 6.87. The summed E-state index contributed by atoms with van der Waals surface area (Å²) in [5.41, 5.74) is 1.25. The van der Waals surface area contributed by atoms with Crippen molar-refractivity contribution in [2.75, 3.05) is 25.1 Å². The second-order valence-corrected chi connectivity index (χ2v) is 9.38. The number of hydrogen-bond donors (Lipinski definition) is 0. The zero-order valence-corrected chi connectivity index (χ0v) is 14.5. The fourth-order valence-corrected chi connectivity index (χ4v) is 5.73. The van der Waals surface area contributed by atoms with Crippen LogP contribution < -0.4 is 0 Å². The van der Waals surface area contributed by atoms with E-state index >= 15 is 0 Å². The van der Waals surface area contributed by atoms with Gasteiger partial charge in [-0.25, -0.2) is 8.42 Å². The molecule has 2 heterocycles. The molecule has 1 aromatic rings. The van der Waals surface area contributed by atoms with Crippen LogP contribution >= 0.6 is 11.3 Å². The molecule has 6 heteroatoms. The van der Waals surface area contributed by atoms with Crippen molar-refractivity contribution in [3.63, 3.8) is 0 Å². The van der Waals surface area contributed by atoms with E-state index in [0.29, 0.717) is 13.0 Å². The number of aryl methyl sites for hydroxylation is 2. The molecule has 2 rings (SSSR count). The van der Waals surface area contributed by atoms with Gasteiger partial charge >= 0.3 is 0 Å². The van der Waals surface area contributed by atoms with Gasteiger partial charge in [0.25, 0.3) is 5.91 Å². The second kappa shape index (κ2) is 6.48. The molecule has 0 N–H and O–H groups in total. The Morgan fingerprint density at radius 3 is 2.76 bits per heavy atom. The Morgan fingerprint density at radius 1 is 1.48 bits per heavy atom. The van der Waals surface area contributed by atoms with Gasteiger partial charge in [-0.3, -0.25) is 4.79 Å². The van der Waals surface area contributed by atoms with E-state index in [1.807, 2.05) is 6.07 Å². The van der Waals surface area contributed by atoms with Crippen molar-refractivity contribution < 1.29 is 13.2 Å². The minimum Gasteiger partial charge on any atom is -0.341 e. The molecule has 118 valence electrons. The van der Waals surface area contributed by atoms with Crippen LogP contribution in [-0.2, 0) is 16.3 Å². The van der Waals surface area contributed by atoms with Gasteiger partial charge in [0.1, 0.15) is 0 Å². The lowest BCUT2D eigenvalue weighted by Gasteiger charge is -2.19. The molecule has 0 aromatic carbocycles. The maximum absolute atomic E-state index is 12.5.